The van der Waals surface area contributed by atoms with Gasteiger partial charge >= 0.3 is 0 Å². The monoisotopic (exact) mass is 233 g/mol. The summed E-state index contributed by atoms with van der Waals surface area (Å²) in [4.78, 5) is 0. The van der Waals surface area contributed by atoms with E-state index < -0.39 is 0 Å². The molecular weight excluding hydrogens is 210 g/mol. The molecule has 1 aromatic rings. The summed E-state index contributed by atoms with van der Waals surface area (Å²) >= 11 is 0. The van der Waals surface area contributed by atoms with Crippen molar-refractivity contribution in [3.8, 4) is 5.75 Å². The van der Waals surface area contributed by atoms with Gasteiger partial charge in [-0.1, -0.05) is 23.3 Å². The van der Waals surface area contributed by atoms with Crippen molar-refractivity contribution in [3.63, 3.8) is 0 Å². The number of nitrogens with two attached hydrogens (primary N) is 1. The second-order valence-corrected chi connectivity index (χ2v) is 4.85. The van der Waals surface area contributed by atoms with Crippen LogP contribution in [-0.4, -0.2) is 12.6 Å². The summed E-state index contributed by atoms with van der Waals surface area (Å²) in [6, 6.07) is 6.41. The van der Waals surface area contributed by atoms with Gasteiger partial charge in [-0.3, -0.25) is 0 Å². The number of aryl methyl sites for hydroxylation is 1. The first-order valence-electron chi connectivity index (χ1n) is 6.11. The highest BCUT2D eigenvalue weighted by atomic mass is 16.5. The van der Waals surface area contributed by atoms with E-state index >= 15 is 0 Å². The molecule has 1 unspecified atom stereocenters. The Morgan fingerprint density at radius 2 is 2.18 bits per heavy atom. The molecule has 0 fully saturated rings. The van der Waals surface area contributed by atoms with Crippen LogP contribution in [0.2, 0.25) is 0 Å². The Kier molecular flexibility index (Phi) is 5.23. The van der Waals surface area contributed by atoms with E-state index in [0.717, 1.165) is 24.2 Å². The second kappa shape index (κ2) is 6.45. The van der Waals surface area contributed by atoms with Gasteiger partial charge in [-0.15, -0.1) is 6.58 Å². The smallest absolute Gasteiger partial charge is 0.122 e. The van der Waals surface area contributed by atoms with Crippen LogP contribution in [0.15, 0.2) is 30.4 Å². The van der Waals surface area contributed by atoms with E-state index in [9.17, 15) is 0 Å². The van der Waals surface area contributed by atoms with E-state index in [0.29, 0.717) is 6.61 Å². The lowest BCUT2D eigenvalue weighted by Crippen LogP contribution is -2.18. The Labute approximate surface area is 104 Å². The molecule has 2 nitrogen and oxygen atoms in total. The molecular formula is C15H23NO. The van der Waals surface area contributed by atoms with E-state index in [1.165, 1.54) is 11.1 Å². The predicted octanol–water partition coefficient (Wildman–Crippen LogP) is 3.23. The highest BCUT2D eigenvalue weighted by Gasteiger charge is 2.06. The fourth-order valence-electron chi connectivity index (χ4n) is 1.69. The first-order valence-corrected chi connectivity index (χ1v) is 6.11. The molecule has 0 aliphatic heterocycles. The van der Waals surface area contributed by atoms with E-state index in [4.69, 9.17) is 10.5 Å². The maximum absolute atomic E-state index is 5.85. The lowest BCUT2D eigenvalue weighted by Gasteiger charge is -2.14. The Morgan fingerprint density at radius 1 is 1.47 bits per heavy atom. The molecule has 0 saturated heterocycles. The van der Waals surface area contributed by atoms with Crippen molar-refractivity contribution >= 4 is 0 Å². The van der Waals surface area contributed by atoms with Crippen molar-refractivity contribution in [3.05, 3.63) is 41.5 Å². The largest absolute Gasteiger partial charge is 0.493 e. The number of ether oxygens (including phenoxy) is 1. The van der Waals surface area contributed by atoms with E-state index in [-0.39, 0.29) is 6.04 Å². The quantitative estimate of drug-likeness (QED) is 0.766. The molecule has 17 heavy (non-hydrogen) atoms. The standard InChI is InChI=1S/C15H23NO/c1-11(2)7-8-17-15-6-5-12(3)9-14(15)10-13(4)16/h5-6,9,13H,1,7-8,10,16H2,2-4H3. The average molecular weight is 233 g/mol. The molecule has 0 saturated carbocycles. The Morgan fingerprint density at radius 3 is 2.76 bits per heavy atom. The molecule has 2 heteroatoms. The maximum Gasteiger partial charge on any atom is 0.122 e. The lowest BCUT2D eigenvalue weighted by molar-refractivity contribution is 0.317. The van der Waals surface area contributed by atoms with Gasteiger partial charge in [0.1, 0.15) is 5.75 Å². The third-order valence-corrected chi connectivity index (χ3v) is 2.54. The summed E-state index contributed by atoms with van der Waals surface area (Å²) in [7, 11) is 0. The molecule has 0 aliphatic carbocycles. The molecule has 2 N–H and O–H groups in total. The van der Waals surface area contributed by atoms with Crippen molar-refractivity contribution < 1.29 is 4.74 Å². The van der Waals surface area contributed by atoms with Crippen molar-refractivity contribution in [2.75, 3.05) is 6.61 Å². The van der Waals surface area contributed by atoms with Crippen LogP contribution < -0.4 is 10.5 Å². The minimum Gasteiger partial charge on any atom is -0.493 e. The van der Waals surface area contributed by atoms with E-state index in [2.05, 4.69) is 25.6 Å². The van der Waals surface area contributed by atoms with Crippen molar-refractivity contribution in [1.82, 2.24) is 0 Å². The van der Waals surface area contributed by atoms with Crippen LogP contribution in [0.4, 0.5) is 0 Å². The van der Waals surface area contributed by atoms with E-state index in [1.54, 1.807) is 0 Å². The van der Waals surface area contributed by atoms with Crippen molar-refractivity contribution in [2.45, 2.75) is 39.7 Å². The predicted molar refractivity (Wildman–Crippen MR) is 73.5 cm³/mol. The van der Waals surface area contributed by atoms with Crippen molar-refractivity contribution in [1.29, 1.82) is 0 Å². The molecule has 1 atom stereocenters. The van der Waals surface area contributed by atoms with Crippen LogP contribution in [-0.2, 0) is 6.42 Å². The number of benzene rings is 1. The third kappa shape index (κ3) is 5.05. The van der Waals surface area contributed by atoms with Crippen molar-refractivity contribution in [2.24, 2.45) is 5.73 Å². The van der Waals surface area contributed by atoms with Crippen LogP contribution in [0.1, 0.15) is 31.4 Å². The molecule has 0 bridgehead atoms. The summed E-state index contributed by atoms with van der Waals surface area (Å²) in [6.45, 7) is 10.7. The van der Waals surface area contributed by atoms with Gasteiger partial charge in [0, 0.05) is 12.5 Å². The summed E-state index contributed by atoms with van der Waals surface area (Å²) in [6.07, 6.45) is 1.75. The Bertz CT molecular complexity index is 383. The number of rotatable bonds is 6. The summed E-state index contributed by atoms with van der Waals surface area (Å²) < 4.78 is 5.79. The molecule has 0 aliphatic rings. The minimum absolute atomic E-state index is 0.153. The zero-order chi connectivity index (χ0) is 12.8. The summed E-state index contributed by atoms with van der Waals surface area (Å²) in [5.74, 6) is 0.953. The summed E-state index contributed by atoms with van der Waals surface area (Å²) in [5.41, 5.74) is 9.43. The Hall–Kier alpha value is -1.28. The highest BCUT2D eigenvalue weighted by molar-refractivity contribution is 5.37. The van der Waals surface area contributed by atoms with Gasteiger partial charge in [-0.2, -0.15) is 0 Å². The first kappa shape index (κ1) is 13.8. The second-order valence-electron chi connectivity index (χ2n) is 4.85. The van der Waals surface area contributed by atoms with Gasteiger partial charge in [0.15, 0.2) is 0 Å². The number of hydrogen-bond donors (Lipinski definition) is 1. The topological polar surface area (TPSA) is 35.2 Å². The zero-order valence-electron chi connectivity index (χ0n) is 11.1. The average Bonchev–Trinajstić information content (AvgIpc) is 2.20. The van der Waals surface area contributed by atoms with Gasteiger partial charge in [0.05, 0.1) is 6.61 Å². The Balaban J connectivity index is 2.72. The number of hydrogen-bond acceptors (Lipinski definition) is 2. The fraction of sp³-hybridized carbons (Fsp3) is 0.467. The SMILES string of the molecule is C=C(C)CCOc1ccc(C)cc1CC(C)N. The normalized spacial score (nSPS) is 12.2. The lowest BCUT2D eigenvalue weighted by atomic mass is 10.0. The molecule has 1 rings (SSSR count). The molecule has 0 amide bonds. The van der Waals surface area contributed by atoms with Gasteiger partial charge in [-0.05, 0) is 38.8 Å². The molecule has 0 spiro atoms. The summed E-state index contributed by atoms with van der Waals surface area (Å²) in [5, 5.41) is 0. The van der Waals surface area contributed by atoms with Gasteiger partial charge in [0.2, 0.25) is 0 Å². The molecule has 0 radical (unpaired) electrons. The maximum atomic E-state index is 5.85. The van der Waals surface area contributed by atoms with E-state index in [1.807, 2.05) is 19.9 Å². The zero-order valence-corrected chi connectivity index (χ0v) is 11.1. The van der Waals surface area contributed by atoms with Gasteiger partial charge in [-0.25, -0.2) is 0 Å². The molecule has 94 valence electrons. The highest BCUT2D eigenvalue weighted by Crippen LogP contribution is 2.21. The fourth-order valence-corrected chi connectivity index (χ4v) is 1.69. The van der Waals surface area contributed by atoms with Crippen LogP contribution in [0.3, 0.4) is 0 Å². The molecule has 0 heterocycles. The van der Waals surface area contributed by atoms with Crippen LogP contribution in [0.25, 0.3) is 0 Å². The van der Waals surface area contributed by atoms with Crippen LogP contribution in [0.5, 0.6) is 5.75 Å². The van der Waals surface area contributed by atoms with Crippen LogP contribution in [0, 0.1) is 6.92 Å². The molecule has 0 aromatic heterocycles. The minimum atomic E-state index is 0.153. The van der Waals surface area contributed by atoms with Gasteiger partial charge < -0.3 is 10.5 Å². The van der Waals surface area contributed by atoms with Gasteiger partial charge in [0.25, 0.3) is 0 Å². The third-order valence-electron chi connectivity index (χ3n) is 2.54. The van der Waals surface area contributed by atoms with Crippen LogP contribution >= 0.6 is 0 Å². The first-order chi connectivity index (χ1) is 7.99. The molecule has 1 aromatic carbocycles.